The van der Waals surface area contributed by atoms with Crippen LogP contribution in [0.5, 0.6) is 0 Å². The number of aromatic nitrogens is 3. The van der Waals surface area contributed by atoms with E-state index in [1.54, 1.807) is 54.3 Å². The van der Waals surface area contributed by atoms with E-state index < -0.39 is 11.8 Å². The number of aryl methyl sites for hydroxylation is 1. The zero-order valence-electron chi connectivity index (χ0n) is 18.6. The predicted molar refractivity (Wildman–Crippen MR) is 127 cm³/mol. The van der Waals surface area contributed by atoms with E-state index in [0.717, 1.165) is 5.56 Å². The summed E-state index contributed by atoms with van der Waals surface area (Å²) in [4.78, 5) is 17.2. The van der Waals surface area contributed by atoms with E-state index in [-0.39, 0.29) is 5.82 Å². The van der Waals surface area contributed by atoms with Crippen LogP contribution in [0.2, 0.25) is 0 Å². The molecule has 1 atom stereocenters. The van der Waals surface area contributed by atoms with Gasteiger partial charge < -0.3 is 11.1 Å². The molecule has 0 spiro atoms. The van der Waals surface area contributed by atoms with Gasteiger partial charge >= 0.3 is 0 Å². The maximum absolute atomic E-state index is 13.6. The van der Waals surface area contributed by atoms with Gasteiger partial charge in [0.1, 0.15) is 17.6 Å². The van der Waals surface area contributed by atoms with Crippen LogP contribution in [0.4, 0.5) is 10.2 Å². The molecule has 0 saturated carbocycles. The highest BCUT2D eigenvalue weighted by molar-refractivity contribution is 5.87. The summed E-state index contributed by atoms with van der Waals surface area (Å²) in [6, 6.07) is 21.0. The van der Waals surface area contributed by atoms with Crippen molar-refractivity contribution in [2.75, 3.05) is 11.9 Å². The number of pyridine rings is 1. The van der Waals surface area contributed by atoms with E-state index in [1.165, 1.54) is 12.1 Å². The molecule has 2 aromatic heterocycles. The number of anilines is 1. The first kappa shape index (κ1) is 22.7. The number of amides is 1. The Morgan fingerprint density at radius 3 is 2.71 bits per heavy atom. The summed E-state index contributed by atoms with van der Waals surface area (Å²) in [6.45, 7) is 0.445. The second-order valence-corrected chi connectivity index (χ2v) is 7.85. The first-order chi connectivity index (χ1) is 16.5. The van der Waals surface area contributed by atoms with Crippen LogP contribution < -0.4 is 11.1 Å². The predicted octanol–water partition coefficient (Wildman–Crippen LogP) is 3.76. The molecule has 170 valence electrons. The molecule has 34 heavy (non-hydrogen) atoms. The van der Waals surface area contributed by atoms with Crippen LogP contribution in [0.3, 0.4) is 0 Å². The molecule has 0 bridgehead atoms. The summed E-state index contributed by atoms with van der Waals surface area (Å²) in [7, 11) is 1.76. The van der Waals surface area contributed by atoms with Crippen molar-refractivity contribution >= 4 is 11.7 Å². The minimum absolute atomic E-state index is 0.296. The van der Waals surface area contributed by atoms with Crippen LogP contribution in [0.15, 0.2) is 72.9 Å². The van der Waals surface area contributed by atoms with E-state index in [2.05, 4.69) is 16.5 Å². The summed E-state index contributed by atoms with van der Waals surface area (Å²) in [5.74, 6) is -1.21. The lowest BCUT2D eigenvalue weighted by Crippen LogP contribution is -2.24. The maximum atomic E-state index is 13.6. The minimum atomic E-state index is -0.814. The summed E-state index contributed by atoms with van der Waals surface area (Å²) in [6.07, 6.45) is 2.29. The lowest BCUT2D eigenvalue weighted by atomic mass is 9.94. The number of nitrogens with two attached hydrogens (primary N) is 1. The van der Waals surface area contributed by atoms with Crippen LogP contribution in [0.1, 0.15) is 28.3 Å². The van der Waals surface area contributed by atoms with Gasteiger partial charge in [-0.3, -0.25) is 9.48 Å². The van der Waals surface area contributed by atoms with Crippen molar-refractivity contribution < 1.29 is 9.18 Å². The fourth-order valence-electron chi connectivity index (χ4n) is 3.86. The zero-order chi connectivity index (χ0) is 24.1. The number of nitrogens with zero attached hydrogens (tertiary/aromatic N) is 4. The Kier molecular flexibility index (Phi) is 6.64. The van der Waals surface area contributed by atoms with E-state index in [9.17, 15) is 14.4 Å². The normalized spacial score (nSPS) is 11.6. The molecule has 0 aliphatic heterocycles. The lowest BCUT2D eigenvalue weighted by molar-refractivity contribution is -0.118. The number of nitriles is 1. The Bertz CT molecular complexity index is 1370. The van der Waals surface area contributed by atoms with Crippen molar-refractivity contribution in [3.8, 4) is 17.3 Å². The highest BCUT2D eigenvalue weighted by Gasteiger charge is 2.27. The average molecular weight is 455 g/mol. The summed E-state index contributed by atoms with van der Waals surface area (Å²) < 4.78 is 15.2. The molecule has 2 aromatic carbocycles. The molecule has 0 aliphatic rings. The molecule has 0 saturated heterocycles. The molecule has 0 radical (unpaired) electrons. The third-order valence-electron chi connectivity index (χ3n) is 5.47. The van der Waals surface area contributed by atoms with E-state index in [1.807, 2.05) is 18.2 Å². The zero-order valence-corrected chi connectivity index (χ0v) is 18.6. The van der Waals surface area contributed by atoms with Crippen molar-refractivity contribution in [2.45, 2.75) is 12.3 Å². The molecule has 1 unspecified atom stereocenters. The Labute approximate surface area is 196 Å². The van der Waals surface area contributed by atoms with Gasteiger partial charge in [-0.15, -0.1) is 0 Å². The van der Waals surface area contributed by atoms with Gasteiger partial charge in [-0.1, -0.05) is 36.4 Å². The van der Waals surface area contributed by atoms with E-state index in [0.29, 0.717) is 46.9 Å². The average Bonchev–Trinajstić information content (AvgIpc) is 3.25. The first-order valence-corrected chi connectivity index (χ1v) is 10.7. The number of hydrogen-bond donors (Lipinski definition) is 2. The van der Waals surface area contributed by atoms with Crippen LogP contribution >= 0.6 is 0 Å². The fourth-order valence-corrected chi connectivity index (χ4v) is 3.86. The number of halogens is 1. The Balaban J connectivity index is 1.73. The standard InChI is InChI=1S/C26H23FN6O/c1-33-14-12-23(32-33)24(25(29)34)21-9-10-22(20-8-3-2-6-18(20)16-28)31-26(21)30-13-11-17-5-4-7-19(27)15-17/h2-10,12,14-15,24H,11,13H2,1H3,(H2,29,34)(H,30,31). The molecule has 0 fully saturated rings. The minimum Gasteiger partial charge on any atom is -0.369 e. The molecule has 7 nitrogen and oxygen atoms in total. The lowest BCUT2D eigenvalue weighted by Gasteiger charge is -2.18. The van der Waals surface area contributed by atoms with Crippen molar-refractivity contribution in [3.63, 3.8) is 0 Å². The Morgan fingerprint density at radius 2 is 2.00 bits per heavy atom. The quantitative estimate of drug-likeness (QED) is 0.421. The molecule has 4 aromatic rings. The number of nitrogens with one attached hydrogen (secondary N) is 1. The molecule has 2 heterocycles. The Hall–Kier alpha value is -4.51. The SMILES string of the molecule is Cn1ccc(C(C(N)=O)c2ccc(-c3ccccc3C#N)nc2NCCc2cccc(F)c2)n1. The third kappa shape index (κ3) is 4.94. The third-order valence-corrected chi connectivity index (χ3v) is 5.47. The van der Waals surface area contributed by atoms with Gasteiger partial charge in [-0.2, -0.15) is 10.4 Å². The molecule has 4 rings (SSSR count). The number of carbonyl (C=O) groups is 1. The summed E-state index contributed by atoms with van der Waals surface area (Å²) in [5.41, 5.74) is 9.44. The molecular weight excluding hydrogens is 431 g/mol. The number of benzene rings is 2. The summed E-state index contributed by atoms with van der Waals surface area (Å²) >= 11 is 0. The summed E-state index contributed by atoms with van der Waals surface area (Å²) in [5, 5.41) is 17.2. The molecule has 1 amide bonds. The number of rotatable bonds is 8. The van der Waals surface area contributed by atoms with Crippen molar-refractivity contribution in [2.24, 2.45) is 12.8 Å². The topological polar surface area (TPSA) is 110 Å². The van der Waals surface area contributed by atoms with Gasteiger partial charge in [0.05, 0.1) is 23.0 Å². The highest BCUT2D eigenvalue weighted by Crippen LogP contribution is 2.32. The van der Waals surface area contributed by atoms with Crippen LogP contribution in [-0.4, -0.2) is 27.2 Å². The first-order valence-electron chi connectivity index (χ1n) is 10.7. The van der Waals surface area contributed by atoms with Gasteiger partial charge in [0.2, 0.25) is 5.91 Å². The van der Waals surface area contributed by atoms with Gasteiger partial charge in [0.25, 0.3) is 0 Å². The molecule has 0 aliphatic carbocycles. The Morgan fingerprint density at radius 1 is 1.18 bits per heavy atom. The van der Waals surface area contributed by atoms with E-state index >= 15 is 0 Å². The van der Waals surface area contributed by atoms with Gasteiger partial charge in [0, 0.05) is 30.9 Å². The smallest absolute Gasteiger partial charge is 0.231 e. The van der Waals surface area contributed by atoms with Gasteiger partial charge in [-0.05, 0) is 42.3 Å². The highest BCUT2D eigenvalue weighted by atomic mass is 19.1. The second kappa shape index (κ2) is 9.96. The van der Waals surface area contributed by atoms with E-state index in [4.69, 9.17) is 10.7 Å². The van der Waals surface area contributed by atoms with Crippen LogP contribution in [0.25, 0.3) is 11.3 Å². The monoisotopic (exact) mass is 454 g/mol. The number of carbonyl (C=O) groups excluding carboxylic acids is 1. The molecule has 3 N–H and O–H groups in total. The van der Waals surface area contributed by atoms with Crippen LogP contribution in [-0.2, 0) is 18.3 Å². The van der Waals surface area contributed by atoms with Crippen molar-refractivity contribution in [1.82, 2.24) is 14.8 Å². The molecular formula is C26H23FN6O. The van der Waals surface area contributed by atoms with Gasteiger partial charge in [-0.25, -0.2) is 9.37 Å². The van der Waals surface area contributed by atoms with Crippen molar-refractivity contribution in [3.05, 3.63) is 101 Å². The second-order valence-electron chi connectivity index (χ2n) is 7.85. The number of primary amides is 1. The largest absolute Gasteiger partial charge is 0.369 e. The van der Waals surface area contributed by atoms with Crippen molar-refractivity contribution in [1.29, 1.82) is 5.26 Å². The van der Waals surface area contributed by atoms with Gasteiger partial charge in [0.15, 0.2) is 0 Å². The molecule has 8 heteroatoms. The van der Waals surface area contributed by atoms with Crippen LogP contribution in [0, 0.1) is 17.1 Å². The number of hydrogen-bond acceptors (Lipinski definition) is 5. The fraction of sp³-hybridized carbons (Fsp3) is 0.154. The maximum Gasteiger partial charge on any atom is 0.231 e.